The summed E-state index contributed by atoms with van der Waals surface area (Å²) in [6.07, 6.45) is 11.4. The van der Waals surface area contributed by atoms with Crippen LogP contribution < -0.4 is 0 Å². The van der Waals surface area contributed by atoms with Crippen molar-refractivity contribution in [3.63, 3.8) is 0 Å². The Labute approximate surface area is 229 Å². The molecule has 1 unspecified atom stereocenters. The van der Waals surface area contributed by atoms with E-state index in [2.05, 4.69) is 27.4 Å². The fourth-order valence-corrected chi connectivity index (χ4v) is 10.3. The van der Waals surface area contributed by atoms with Gasteiger partial charge >= 0.3 is 11.9 Å². The molecule has 4 aliphatic carbocycles. The fraction of sp³-hybridized carbons (Fsp3) is 0.867. The van der Waals surface area contributed by atoms with Gasteiger partial charge in [0.1, 0.15) is 12.7 Å². The Morgan fingerprint density at radius 1 is 1.08 bits per heavy atom. The molecule has 216 valence electrons. The second-order valence-corrected chi connectivity index (χ2v) is 14.8. The van der Waals surface area contributed by atoms with Crippen LogP contribution in [-0.4, -0.2) is 45.4 Å². The van der Waals surface area contributed by atoms with Crippen LogP contribution in [0.4, 0.5) is 0 Å². The molecule has 4 saturated carbocycles. The summed E-state index contributed by atoms with van der Waals surface area (Å²) in [5, 5.41) is 0. The molecule has 0 amide bonds. The van der Waals surface area contributed by atoms with Crippen LogP contribution in [-0.2, 0) is 33.4 Å². The molecule has 0 bridgehead atoms. The molecule has 0 aliphatic heterocycles. The lowest BCUT2D eigenvalue weighted by atomic mass is 9.43. The Morgan fingerprint density at radius 3 is 2.47 bits per heavy atom. The van der Waals surface area contributed by atoms with Crippen LogP contribution in [0.1, 0.15) is 91.9 Å². The van der Waals surface area contributed by atoms with E-state index >= 15 is 0 Å². The van der Waals surface area contributed by atoms with Gasteiger partial charge < -0.3 is 9.47 Å². The lowest BCUT2D eigenvalue weighted by Gasteiger charge is -2.62. The van der Waals surface area contributed by atoms with Crippen molar-refractivity contribution in [2.75, 3.05) is 12.9 Å². The maximum Gasteiger partial charge on any atom is 0.306 e. The summed E-state index contributed by atoms with van der Waals surface area (Å²) in [6, 6.07) is 0. The number of rotatable bonds is 9. The van der Waals surface area contributed by atoms with Crippen molar-refractivity contribution in [2.24, 2.45) is 46.3 Å². The Hall–Kier alpha value is -1.41. The van der Waals surface area contributed by atoms with Gasteiger partial charge in [0.15, 0.2) is 0 Å². The molecule has 4 fully saturated rings. The highest BCUT2D eigenvalue weighted by atomic mass is 32.2. The average Bonchev–Trinajstić information content (AvgIpc) is 3.19. The molecule has 0 heterocycles. The predicted molar refractivity (Wildman–Crippen MR) is 145 cm³/mol. The number of carbonyl (C=O) groups is 2. The Morgan fingerprint density at radius 2 is 1.82 bits per heavy atom. The predicted octanol–water partition coefficient (Wildman–Crippen LogP) is 5.68. The fourth-order valence-electron chi connectivity index (χ4n) is 9.58. The maximum atomic E-state index is 12.6. The molecule has 4 rings (SSSR count). The molecule has 0 saturated heterocycles. The van der Waals surface area contributed by atoms with Gasteiger partial charge in [-0.05, 0) is 98.7 Å². The van der Waals surface area contributed by atoms with Gasteiger partial charge in [0.25, 0.3) is 10.1 Å². The van der Waals surface area contributed by atoms with Crippen LogP contribution in [0.2, 0.25) is 0 Å². The molecule has 0 N–H and O–H groups in total. The third-order valence-electron chi connectivity index (χ3n) is 11.2. The first kappa shape index (κ1) is 29.6. The van der Waals surface area contributed by atoms with Crippen molar-refractivity contribution < 1.29 is 31.7 Å². The lowest BCUT2D eigenvalue weighted by molar-refractivity contribution is -0.175. The standard InChI is InChI=1S/C30H48O7S/c1-7-16-35-28(32)13-8-19(2)24-11-12-25-23-10-9-21-17-22(36-20(3)31)14-15-29(21,4)26(23)18-27(30(24,25)5)37-38(6,33)34/h7,19,21-27H,1,8-18H2,2-6H3/t19-,21-,22-,23+,24?,25+,26+,27+,29+,30-/m1/s1. The van der Waals surface area contributed by atoms with Crippen LogP contribution in [0.15, 0.2) is 12.7 Å². The van der Waals surface area contributed by atoms with Crippen molar-refractivity contribution in [3.05, 3.63) is 12.7 Å². The molecule has 0 aromatic carbocycles. The minimum absolute atomic E-state index is 0.00562. The zero-order chi connectivity index (χ0) is 27.9. The van der Waals surface area contributed by atoms with E-state index in [9.17, 15) is 18.0 Å². The van der Waals surface area contributed by atoms with Crippen molar-refractivity contribution in [1.82, 2.24) is 0 Å². The van der Waals surface area contributed by atoms with Crippen molar-refractivity contribution in [2.45, 2.75) is 104 Å². The highest BCUT2D eigenvalue weighted by Crippen LogP contribution is 2.69. The van der Waals surface area contributed by atoms with Gasteiger partial charge in [-0.25, -0.2) is 0 Å². The Balaban J connectivity index is 1.57. The van der Waals surface area contributed by atoms with Gasteiger partial charge in [0.2, 0.25) is 0 Å². The van der Waals surface area contributed by atoms with Crippen LogP contribution >= 0.6 is 0 Å². The van der Waals surface area contributed by atoms with Crippen molar-refractivity contribution in [3.8, 4) is 0 Å². The third-order valence-corrected chi connectivity index (χ3v) is 11.8. The minimum atomic E-state index is -3.64. The van der Waals surface area contributed by atoms with Gasteiger partial charge in [0.05, 0.1) is 12.4 Å². The van der Waals surface area contributed by atoms with Gasteiger partial charge in [-0.15, -0.1) is 0 Å². The van der Waals surface area contributed by atoms with Gasteiger partial charge in [-0.3, -0.25) is 13.8 Å². The zero-order valence-corrected chi connectivity index (χ0v) is 24.8. The van der Waals surface area contributed by atoms with Crippen LogP contribution in [0.25, 0.3) is 0 Å². The van der Waals surface area contributed by atoms with Gasteiger partial charge in [0, 0.05) is 18.8 Å². The molecule has 10 atom stereocenters. The summed E-state index contributed by atoms with van der Waals surface area (Å²) >= 11 is 0. The number of fused-ring (bicyclic) bond motifs is 5. The van der Waals surface area contributed by atoms with E-state index in [4.69, 9.17) is 13.7 Å². The second kappa shape index (κ2) is 11.2. The first-order valence-electron chi connectivity index (χ1n) is 14.6. The van der Waals surface area contributed by atoms with Gasteiger partial charge in [-0.2, -0.15) is 8.42 Å². The number of hydrogen-bond acceptors (Lipinski definition) is 7. The monoisotopic (exact) mass is 552 g/mol. The van der Waals surface area contributed by atoms with Crippen molar-refractivity contribution in [1.29, 1.82) is 0 Å². The summed E-state index contributed by atoms with van der Waals surface area (Å²) in [4.78, 5) is 23.8. The quantitative estimate of drug-likeness (QED) is 0.206. The molecule has 7 nitrogen and oxygen atoms in total. The summed E-state index contributed by atoms with van der Waals surface area (Å²) in [5.74, 6) is 1.95. The Kier molecular flexibility index (Phi) is 8.74. The molecule has 38 heavy (non-hydrogen) atoms. The summed E-state index contributed by atoms with van der Waals surface area (Å²) in [7, 11) is -3.64. The second-order valence-electron chi connectivity index (χ2n) is 13.2. The smallest absolute Gasteiger partial charge is 0.306 e. The van der Waals surface area contributed by atoms with E-state index in [1.807, 2.05) is 0 Å². The number of carbonyl (C=O) groups excluding carboxylic acids is 2. The zero-order valence-electron chi connectivity index (χ0n) is 23.9. The topological polar surface area (TPSA) is 96.0 Å². The molecule has 4 aliphatic rings. The molecule has 0 radical (unpaired) electrons. The molecular formula is C30H48O7S. The largest absolute Gasteiger partial charge is 0.463 e. The highest BCUT2D eigenvalue weighted by Gasteiger charge is 2.65. The number of ether oxygens (including phenoxy) is 2. The molecule has 0 aromatic rings. The van der Waals surface area contributed by atoms with Crippen molar-refractivity contribution >= 4 is 22.1 Å². The summed E-state index contributed by atoms with van der Waals surface area (Å²) in [5.41, 5.74) is -0.161. The number of hydrogen-bond donors (Lipinski definition) is 0. The first-order valence-corrected chi connectivity index (χ1v) is 16.4. The molecule has 0 aromatic heterocycles. The van der Waals surface area contributed by atoms with Gasteiger partial charge in [-0.1, -0.05) is 33.4 Å². The minimum Gasteiger partial charge on any atom is -0.463 e. The molecule has 0 spiro atoms. The van der Waals surface area contributed by atoms with E-state index in [0.29, 0.717) is 30.1 Å². The van der Waals surface area contributed by atoms with E-state index in [1.54, 1.807) is 6.08 Å². The molecular weight excluding hydrogens is 504 g/mol. The van der Waals surface area contributed by atoms with E-state index in [1.165, 1.54) is 13.2 Å². The highest BCUT2D eigenvalue weighted by molar-refractivity contribution is 7.86. The van der Waals surface area contributed by atoms with E-state index in [-0.39, 0.29) is 53.4 Å². The summed E-state index contributed by atoms with van der Waals surface area (Å²) < 4.78 is 41.9. The van der Waals surface area contributed by atoms with Crippen LogP contribution in [0.5, 0.6) is 0 Å². The SMILES string of the molecule is C=CCOC(=O)CC[C@@H](C)C1CC[C@H]2[C@@H]3CC[C@@H]4C[C@H](OC(C)=O)CC[C@]4(C)[C@H]3C[C@H](OS(C)(=O)=O)[C@]12C. The van der Waals surface area contributed by atoms with E-state index < -0.39 is 10.1 Å². The normalized spacial score (nSPS) is 41.2. The van der Waals surface area contributed by atoms with Crippen LogP contribution in [0.3, 0.4) is 0 Å². The lowest BCUT2D eigenvalue weighted by Crippen LogP contribution is -2.59. The van der Waals surface area contributed by atoms with E-state index in [0.717, 1.165) is 57.8 Å². The Bertz CT molecular complexity index is 1010. The number of esters is 2. The summed E-state index contributed by atoms with van der Waals surface area (Å²) in [6.45, 7) is 12.2. The third kappa shape index (κ3) is 5.72. The maximum absolute atomic E-state index is 12.6. The molecule has 8 heteroatoms. The first-order chi connectivity index (χ1) is 17.8. The van der Waals surface area contributed by atoms with Crippen LogP contribution in [0, 0.1) is 46.3 Å². The average molecular weight is 553 g/mol.